The number of guanidine groups is 1. The second kappa shape index (κ2) is 15.5. The van der Waals surface area contributed by atoms with E-state index in [4.69, 9.17) is 4.74 Å². The van der Waals surface area contributed by atoms with E-state index < -0.39 is 0 Å². The molecule has 0 heterocycles. The van der Waals surface area contributed by atoms with Gasteiger partial charge in [-0.3, -0.25) is 0 Å². The molecule has 0 bridgehead atoms. The van der Waals surface area contributed by atoms with Crippen molar-refractivity contribution in [2.45, 2.75) is 19.2 Å². The first-order valence-electron chi connectivity index (χ1n) is 8.56. The van der Waals surface area contributed by atoms with Crippen LogP contribution < -0.4 is 10.6 Å². The minimum atomic E-state index is -0.194. The third-order valence-corrected chi connectivity index (χ3v) is 4.28. The van der Waals surface area contributed by atoms with E-state index in [-0.39, 0.29) is 29.8 Å². The molecule has 0 atom stereocenters. The molecular weight excluding hydrogens is 466 g/mol. The lowest BCUT2D eigenvalue weighted by Gasteiger charge is -2.18. The maximum absolute atomic E-state index is 13.4. The van der Waals surface area contributed by atoms with Crippen LogP contribution in [0.2, 0.25) is 0 Å². The van der Waals surface area contributed by atoms with Crippen molar-refractivity contribution in [3.63, 3.8) is 0 Å². The Morgan fingerprint density at radius 1 is 1.27 bits per heavy atom. The van der Waals surface area contributed by atoms with Gasteiger partial charge in [0, 0.05) is 39.0 Å². The van der Waals surface area contributed by atoms with Gasteiger partial charge in [0.2, 0.25) is 0 Å². The molecule has 150 valence electrons. The highest BCUT2D eigenvalue weighted by Crippen LogP contribution is 2.17. The molecule has 0 saturated heterocycles. The molecule has 0 aliphatic carbocycles. The van der Waals surface area contributed by atoms with E-state index in [0.29, 0.717) is 6.54 Å². The van der Waals surface area contributed by atoms with Gasteiger partial charge in [0.15, 0.2) is 5.96 Å². The summed E-state index contributed by atoms with van der Waals surface area (Å²) in [5.41, 5.74) is 2.07. The summed E-state index contributed by atoms with van der Waals surface area (Å²) in [6, 6.07) is 4.93. The summed E-state index contributed by atoms with van der Waals surface area (Å²) in [6.45, 7) is 6.71. The van der Waals surface area contributed by atoms with E-state index in [0.717, 1.165) is 55.6 Å². The number of nitrogens with zero attached hydrogens (tertiary/aromatic N) is 2. The maximum Gasteiger partial charge on any atom is 0.191 e. The van der Waals surface area contributed by atoms with Crippen LogP contribution in [0.4, 0.5) is 4.39 Å². The molecule has 0 fully saturated rings. The van der Waals surface area contributed by atoms with Crippen molar-refractivity contribution in [3.05, 3.63) is 35.1 Å². The monoisotopic (exact) mass is 498 g/mol. The number of nitrogens with one attached hydrogen (secondary N) is 2. The average molecular weight is 498 g/mol. The summed E-state index contributed by atoms with van der Waals surface area (Å²) in [5.74, 6) is 1.37. The number of likely N-dealkylation sites (N-methyl/N-ethyl adjacent to an activating group) is 1. The number of hydrogen-bond acceptors (Lipinski definition) is 4. The van der Waals surface area contributed by atoms with Crippen LogP contribution >= 0.6 is 35.7 Å². The molecule has 1 aromatic rings. The number of benzene rings is 1. The molecule has 0 aliphatic heterocycles. The summed E-state index contributed by atoms with van der Waals surface area (Å²) in [7, 11) is 3.78. The van der Waals surface area contributed by atoms with E-state index >= 15 is 0 Å². The Morgan fingerprint density at radius 2 is 2.04 bits per heavy atom. The van der Waals surface area contributed by atoms with Crippen molar-refractivity contribution in [1.29, 1.82) is 0 Å². The van der Waals surface area contributed by atoms with Gasteiger partial charge >= 0.3 is 0 Å². The molecule has 8 heteroatoms. The number of aliphatic imine (C=N–C) groups is 1. The second-order valence-electron chi connectivity index (χ2n) is 5.76. The van der Waals surface area contributed by atoms with E-state index in [1.807, 2.05) is 19.2 Å². The highest BCUT2D eigenvalue weighted by molar-refractivity contribution is 14.0. The lowest BCUT2D eigenvalue weighted by Crippen LogP contribution is -2.41. The fraction of sp³-hybridized carbons (Fsp3) is 0.611. The topological polar surface area (TPSA) is 48.9 Å². The predicted molar refractivity (Wildman–Crippen MR) is 121 cm³/mol. The summed E-state index contributed by atoms with van der Waals surface area (Å²) in [6.07, 6.45) is 2.02. The first kappa shape index (κ1) is 25.4. The fourth-order valence-corrected chi connectivity index (χ4v) is 2.85. The number of methoxy groups -OCH3 is 1. The average Bonchev–Trinajstić information content (AvgIpc) is 2.59. The zero-order chi connectivity index (χ0) is 18.5. The zero-order valence-corrected chi connectivity index (χ0v) is 19.3. The highest BCUT2D eigenvalue weighted by Gasteiger charge is 2.05. The molecule has 26 heavy (non-hydrogen) atoms. The van der Waals surface area contributed by atoms with Gasteiger partial charge in [-0.1, -0.05) is 6.07 Å². The predicted octanol–water partition coefficient (Wildman–Crippen LogP) is 2.94. The fourth-order valence-electron chi connectivity index (χ4n) is 2.27. The number of thioether (sulfide) groups is 1. The minimum absolute atomic E-state index is 0. The maximum atomic E-state index is 13.4. The lowest BCUT2D eigenvalue weighted by molar-refractivity contribution is 0.162. The molecule has 0 saturated carbocycles. The minimum Gasteiger partial charge on any atom is -0.383 e. The van der Waals surface area contributed by atoms with Crippen LogP contribution in [-0.4, -0.2) is 64.1 Å². The van der Waals surface area contributed by atoms with Gasteiger partial charge in [0.05, 0.1) is 13.2 Å². The summed E-state index contributed by atoms with van der Waals surface area (Å²) < 4.78 is 18.5. The smallest absolute Gasteiger partial charge is 0.191 e. The molecule has 0 unspecified atom stereocenters. The largest absolute Gasteiger partial charge is 0.383 e. The Labute approximate surface area is 178 Å². The van der Waals surface area contributed by atoms with E-state index in [9.17, 15) is 4.39 Å². The van der Waals surface area contributed by atoms with Crippen molar-refractivity contribution < 1.29 is 9.13 Å². The summed E-state index contributed by atoms with van der Waals surface area (Å²) in [4.78, 5) is 6.84. The molecule has 2 N–H and O–H groups in total. The second-order valence-corrected chi connectivity index (χ2v) is 6.63. The Morgan fingerprint density at radius 3 is 2.69 bits per heavy atom. The van der Waals surface area contributed by atoms with E-state index in [1.165, 1.54) is 6.07 Å². The standard InChI is InChI=1S/C18H31FN4OS.HI/c1-5-20-18(21-8-9-23(2)10-11-24-3)22-13-15-6-7-17(19)12-16(15)14-25-4;/h6-7,12H,5,8-11,13-14H2,1-4H3,(H2,20,21,22);1H. The SMILES string of the molecule is CCNC(=NCc1ccc(F)cc1CSC)NCCN(C)CCOC.I. The molecule has 0 aromatic heterocycles. The van der Waals surface area contributed by atoms with Crippen molar-refractivity contribution >= 4 is 41.7 Å². The van der Waals surface area contributed by atoms with Crippen LogP contribution in [0, 0.1) is 5.82 Å². The normalized spacial score (nSPS) is 11.4. The zero-order valence-electron chi connectivity index (χ0n) is 16.2. The van der Waals surface area contributed by atoms with Crippen molar-refractivity contribution in [1.82, 2.24) is 15.5 Å². The van der Waals surface area contributed by atoms with Crippen molar-refractivity contribution in [2.24, 2.45) is 4.99 Å². The van der Waals surface area contributed by atoms with Crippen molar-refractivity contribution in [2.75, 3.05) is 53.2 Å². The molecule has 0 spiro atoms. The third kappa shape index (κ3) is 10.5. The van der Waals surface area contributed by atoms with Crippen LogP contribution in [0.1, 0.15) is 18.1 Å². The Balaban J connectivity index is 0.00000625. The highest BCUT2D eigenvalue weighted by atomic mass is 127. The van der Waals surface area contributed by atoms with Gasteiger partial charge in [-0.2, -0.15) is 11.8 Å². The van der Waals surface area contributed by atoms with Gasteiger partial charge in [-0.15, -0.1) is 24.0 Å². The summed E-state index contributed by atoms with van der Waals surface area (Å²) >= 11 is 1.68. The Kier molecular flexibility index (Phi) is 15.1. The van der Waals surface area contributed by atoms with Gasteiger partial charge in [-0.25, -0.2) is 9.38 Å². The van der Waals surface area contributed by atoms with Crippen LogP contribution in [0.15, 0.2) is 23.2 Å². The van der Waals surface area contributed by atoms with E-state index in [1.54, 1.807) is 24.9 Å². The summed E-state index contributed by atoms with van der Waals surface area (Å²) in [5, 5.41) is 6.59. The molecule has 0 radical (unpaired) electrons. The molecule has 1 rings (SSSR count). The number of halogens is 2. The van der Waals surface area contributed by atoms with Gasteiger partial charge in [0.25, 0.3) is 0 Å². The lowest BCUT2D eigenvalue weighted by atomic mass is 10.1. The first-order valence-corrected chi connectivity index (χ1v) is 9.96. The van der Waals surface area contributed by atoms with Gasteiger partial charge < -0.3 is 20.3 Å². The molecule has 1 aromatic carbocycles. The van der Waals surface area contributed by atoms with Crippen molar-refractivity contribution in [3.8, 4) is 0 Å². The Bertz CT molecular complexity index is 534. The molecule has 5 nitrogen and oxygen atoms in total. The van der Waals surface area contributed by atoms with Crippen LogP contribution in [0.3, 0.4) is 0 Å². The Hall–Kier alpha value is -0.580. The number of hydrogen-bond donors (Lipinski definition) is 2. The van der Waals surface area contributed by atoms with E-state index in [2.05, 4.69) is 27.6 Å². The van der Waals surface area contributed by atoms with Gasteiger partial charge in [0.1, 0.15) is 5.82 Å². The van der Waals surface area contributed by atoms with Crippen LogP contribution in [0.5, 0.6) is 0 Å². The van der Waals surface area contributed by atoms with Crippen LogP contribution in [-0.2, 0) is 17.0 Å². The molecule has 0 aliphatic rings. The quantitative estimate of drug-likeness (QED) is 0.279. The number of rotatable bonds is 11. The third-order valence-electron chi connectivity index (χ3n) is 3.68. The first-order chi connectivity index (χ1) is 12.1. The van der Waals surface area contributed by atoms with Crippen LogP contribution in [0.25, 0.3) is 0 Å². The van der Waals surface area contributed by atoms with Gasteiger partial charge in [-0.05, 0) is 43.5 Å². The molecule has 0 amide bonds. The molecular formula is C18H32FIN4OS. The number of ether oxygens (including phenoxy) is 1.